The fourth-order valence-electron chi connectivity index (χ4n) is 1.40. The minimum atomic E-state index is -0.973. The fraction of sp³-hybridized carbons (Fsp3) is 0.364. The van der Waals surface area contributed by atoms with Gasteiger partial charge in [0.15, 0.2) is 0 Å². The van der Waals surface area contributed by atoms with Crippen molar-refractivity contribution in [3.8, 4) is 0 Å². The van der Waals surface area contributed by atoms with Gasteiger partial charge in [0.05, 0.1) is 4.92 Å². The Morgan fingerprint density at radius 2 is 2.22 bits per heavy atom. The minimum absolute atomic E-state index is 0.200. The molecule has 6 nitrogen and oxygen atoms in total. The SMILES string of the molecule is CNCC(C)C(=O)Nc1ccc([N+](=O)[O-])c(F)c1. The molecule has 1 atom stereocenters. The highest BCUT2D eigenvalue weighted by Gasteiger charge is 2.16. The third kappa shape index (κ3) is 3.49. The van der Waals surface area contributed by atoms with Crippen molar-refractivity contribution in [1.82, 2.24) is 5.32 Å². The van der Waals surface area contributed by atoms with Crippen molar-refractivity contribution in [3.05, 3.63) is 34.1 Å². The molecule has 18 heavy (non-hydrogen) atoms. The molecule has 1 rings (SSSR count). The van der Waals surface area contributed by atoms with Crippen molar-refractivity contribution in [3.63, 3.8) is 0 Å². The number of carbonyl (C=O) groups excluding carboxylic acids is 1. The molecule has 0 aliphatic rings. The maximum atomic E-state index is 13.3. The zero-order valence-electron chi connectivity index (χ0n) is 10.1. The summed E-state index contributed by atoms with van der Waals surface area (Å²) in [6.45, 7) is 2.20. The summed E-state index contributed by atoms with van der Waals surface area (Å²) in [7, 11) is 1.72. The average Bonchev–Trinajstić information content (AvgIpc) is 2.28. The van der Waals surface area contributed by atoms with Gasteiger partial charge in [-0.15, -0.1) is 0 Å². The van der Waals surface area contributed by atoms with Crippen LogP contribution in [0.15, 0.2) is 18.2 Å². The second-order valence-electron chi connectivity index (χ2n) is 3.87. The van der Waals surface area contributed by atoms with Crippen molar-refractivity contribution in [1.29, 1.82) is 0 Å². The molecule has 0 bridgehead atoms. The van der Waals surface area contributed by atoms with Crippen LogP contribution in [0.2, 0.25) is 0 Å². The van der Waals surface area contributed by atoms with Gasteiger partial charge in [-0.2, -0.15) is 4.39 Å². The van der Waals surface area contributed by atoms with E-state index in [1.54, 1.807) is 14.0 Å². The molecule has 1 aromatic rings. The first-order valence-corrected chi connectivity index (χ1v) is 5.35. The lowest BCUT2D eigenvalue weighted by atomic mass is 10.1. The number of anilines is 1. The van der Waals surface area contributed by atoms with Crippen LogP contribution in [0.5, 0.6) is 0 Å². The molecule has 98 valence electrons. The van der Waals surface area contributed by atoms with E-state index < -0.39 is 16.4 Å². The number of rotatable bonds is 5. The van der Waals surface area contributed by atoms with Crippen LogP contribution in [0.1, 0.15) is 6.92 Å². The lowest BCUT2D eigenvalue weighted by molar-refractivity contribution is -0.387. The molecule has 2 N–H and O–H groups in total. The zero-order chi connectivity index (χ0) is 13.7. The first-order valence-electron chi connectivity index (χ1n) is 5.35. The van der Waals surface area contributed by atoms with E-state index >= 15 is 0 Å². The number of nitrogens with zero attached hydrogens (tertiary/aromatic N) is 1. The van der Waals surface area contributed by atoms with Crippen LogP contribution in [-0.4, -0.2) is 24.4 Å². The summed E-state index contributed by atoms with van der Waals surface area (Å²) >= 11 is 0. The number of carbonyl (C=O) groups is 1. The molecule has 0 radical (unpaired) electrons. The van der Waals surface area contributed by atoms with E-state index in [1.807, 2.05) is 0 Å². The lowest BCUT2D eigenvalue weighted by Crippen LogP contribution is -2.28. The van der Waals surface area contributed by atoms with E-state index in [1.165, 1.54) is 6.07 Å². The van der Waals surface area contributed by atoms with Gasteiger partial charge in [0.2, 0.25) is 11.7 Å². The largest absolute Gasteiger partial charge is 0.326 e. The van der Waals surface area contributed by atoms with Crippen molar-refractivity contribution in [2.45, 2.75) is 6.92 Å². The quantitative estimate of drug-likeness (QED) is 0.617. The van der Waals surface area contributed by atoms with Crippen molar-refractivity contribution in [2.75, 3.05) is 18.9 Å². The number of hydrogen-bond donors (Lipinski definition) is 2. The normalized spacial score (nSPS) is 11.9. The highest BCUT2D eigenvalue weighted by molar-refractivity contribution is 5.92. The Kier molecular flexibility index (Phi) is 4.73. The molecule has 0 aliphatic carbocycles. The summed E-state index contributed by atoms with van der Waals surface area (Å²) in [6, 6.07) is 3.25. The minimum Gasteiger partial charge on any atom is -0.326 e. The van der Waals surface area contributed by atoms with Gasteiger partial charge in [-0.1, -0.05) is 6.92 Å². The molecule has 0 aliphatic heterocycles. The molecule has 0 saturated heterocycles. The number of halogens is 1. The summed E-state index contributed by atoms with van der Waals surface area (Å²) < 4.78 is 13.3. The van der Waals surface area contributed by atoms with E-state index in [-0.39, 0.29) is 17.5 Å². The van der Waals surface area contributed by atoms with Crippen LogP contribution < -0.4 is 10.6 Å². The molecule has 0 heterocycles. The Bertz CT molecular complexity index is 465. The highest BCUT2D eigenvalue weighted by Crippen LogP contribution is 2.21. The van der Waals surface area contributed by atoms with Gasteiger partial charge < -0.3 is 10.6 Å². The predicted molar refractivity (Wildman–Crippen MR) is 64.8 cm³/mol. The second kappa shape index (κ2) is 6.06. The van der Waals surface area contributed by atoms with E-state index in [9.17, 15) is 19.3 Å². The summed E-state index contributed by atoms with van der Waals surface area (Å²) in [5, 5.41) is 15.8. The number of nitro benzene ring substituents is 1. The molecule has 0 fully saturated rings. The van der Waals surface area contributed by atoms with Gasteiger partial charge in [-0.05, 0) is 13.1 Å². The number of hydrogen-bond acceptors (Lipinski definition) is 4. The third-order valence-corrected chi connectivity index (χ3v) is 2.37. The Labute approximate surface area is 103 Å². The van der Waals surface area contributed by atoms with Crippen LogP contribution in [-0.2, 0) is 4.79 Å². The first-order chi connectivity index (χ1) is 8.45. The molecule has 0 saturated carbocycles. The second-order valence-corrected chi connectivity index (χ2v) is 3.87. The van der Waals surface area contributed by atoms with Gasteiger partial charge in [0, 0.05) is 30.3 Å². The Balaban J connectivity index is 2.77. The maximum absolute atomic E-state index is 13.3. The molecule has 1 unspecified atom stereocenters. The molecule has 7 heteroatoms. The third-order valence-electron chi connectivity index (χ3n) is 2.37. The Morgan fingerprint density at radius 3 is 2.72 bits per heavy atom. The van der Waals surface area contributed by atoms with Crippen LogP contribution >= 0.6 is 0 Å². The smallest absolute Gasteiger partial charge is 0.304 e. The van der Waals surface area contributed by atoms with Gasteiger partial charge in [0.25, 0.3) is 0 Å². The molecular weight excluding hydrogens is 241 g/mol. The van der Waals surface area contributed by atoms with Gasteiger partial charge in [-0.25, -0.2) is 0 Å². The number of benzene rings is 1. The summed E-state index contributed by atoms with van der Waals surface area (Å²) in [6.07, 6.45) is 0. The van der Waals surface area contributed by atoms with Gasteiger partial charge >= 0.3 is 5.69 Å². The van der Waals surface area contributed by atoms with Crippen molar-refractivity contribution in [2.24, 2.45) is 5.92 Å². The molecule has 0 spiro atoms. The zero-order valence-corrected chi connectivity index (χ0v) is 10.1. The summed E-state index contributed by atoms with van der Waals surface area (Å²) in [5.41, 5.74) is -0.415. The van der Waals surface area contributed by atoms with E-state index in [0.717, 1.165) is 12.1 Å². The van der Waals surface area contributed by atoms with E-state index in [0.29, 0.717) is 6.54 Å². The summed E-state index contributed by atoms with van der Waals surface area (Å²) in [4.78, 5) is 21.2. The van der Waals surface area contributed by atoms with Crippen LogP contribution in [0.3, 0.4) is 0 Å². The topological polar surface area (TPSA) is 84.3 Å². The predicted octanol–water partition coefficient (Wildman–Crippen LogP) is 1.53. The van der Waals surface area contributed by atoms with Crippen LogP contribution in [0.4, 0.5) is 15.8 Å². The number of nitrogens with one attached hydrogen (secondary N) is 2. The Morgan fingerprint density at radius 1 is 1.56 bits per heavy atom. The van der Waals surface area contributed by atoms with E-state index in [2.05, 4.69) is 10.6 Å². The first kappa shape index (κ1) is 14.0. The monoisotopic (exact) mass is 255 g/mol. The standard InChI is InChI=1S/C11H14FN3O3/c1-7(6-13-2)11(16)14-8-3-4-10(15(17)18)9(12)5-8/h3-5,7,13H,6H2,1-2H3,(H,14,16). The van der Waals surface area contributed by atoms with Gasteiger partial charge in [0.1, 0.15) is 0 Å². The van der Waals surface area contributed by atoms with Crippen LogP contribution in [0.25, 0.3) is 0 Å². The molecular formula is C11H14FN3O3. The maximum Gasteiger partial charge on any atom is 0.304 e. The van der Waals surface area contributed by atoms with Crippen molar-refractivity contribution >= 4 is 17.3 Å². The average molecular weight is 255 g/mol. The number of amides is 1. The molecule has 1 amide bonds. The summed E-state index contributed by atoms with van der Waals surface area (Å²) in [5.74, 6) is -1.54. The van der Waals surface area contributed by atoms with Crippen LogP contribution in [0, 0.1) is 21.8 Å². The highest BCUT2D eigenvalue weighted by atomic mass is 19.1. The van der Waals surface area contributed by atoms with Gasteiger partial charge in [-0.3, -0.25) is 14.9 Å². The Hall–Kier alpha value is -2.02. The number of nitro groups is 1. The van der Waals surface area contributed by atoms with E-state index in [4.69, 9.17) is 0 Å². The lowest BCUT2D eigenvalue weighted by Gasteiger charge is -2.11. The molecule has 1 aromatic carbocycles. The molecule has 0 aromatic heterocycles. The fourth-order valence-corrected chi connectivity index (χ4v) is 1.40. The van der Waals surface area contributed by atoms with Crippen molar-refractivity contribution < 1.29 is 14.1 Å².